The van der Waals surface area contributed by atoms with Crippen LogP contribution in [0.15, 0.2) is 34.5 Å². The zero-order valence-corrected chi connectivity index (χ0v) is 11.6. The molecule has 2 aromatic rings. The van der Waals surface area contributed by atoms with E-state index in [4.69, 9.17) is 5.73 Å². The SMILES string of the molecule is CCSc1ccc(-c2nc(C(C)N)cs2)cc1. The maximum Gasteiger partial charge on any atom is 0.123 e. The van der Waals surface area contributed by atoms with Gasteiger partial charge in [0.2, 0.25) is 0 Å². The van der Waals surface area contributed by atoms with Crippen molar-refractivity contribution in [2.24, 2.45) is 5.73 Å². The molecule has 0 saturated heterocycles. The van der Waals surface area contributed by atoms with Gasteiger partial charge in [0.15, 0.2) is 0 Å². The molecule has 1 aromatic heterocycles. The first kappa shape index (κ1) is 12.6. The van der Waals surface area contributed by atoms with Crippen LogP contribution in [0.5, 0.6) is 0 Å². The molecule has 1 heterocycles. The molecule has 1 unspecified atom stereocenters. The second-order valence-corrected chi connectivity index (χ2v) is 6.02. The summed E-state index contributed by atoms with van der Waals surface area (Å²) < 4.78 is 0. The van der Waals surface area contributed by atoms with Crippen molar-refractivity contribution in [3.05, 3.63) is 35.3 Å². The lowest BCUT2D eigenvalue weighted by molar-refractivity contribution is 0.790. The molecule has 0 fully saturated rings. The number of aromatic nitrogens is 1. The van der Waals surface area contributed by atoms with Crippen molar-refractivity contribution in [3.8, 4) is 10.6 Å². The molecule has 0 amide bonds. The molecule has 0 aliphatic carbocycles. The molecular formula is C13H16N2S2. The number of benzene rings is 1. The Hall–Kier alpha value is -0.840. The number of thiazole rings is 1. The number of rotatable bonds is 4. The van der Waals surface area contributed by atoms with Gasteiger partial charge in [-0.05, 0) is 24.8 Å². The molecule has 4 heteroatoms. The third kappa shape index (κ3) is 3.09. The van der Waals surface area contributed by atoms with Gasteiger partial charge < -0.3 is 5.73 Å². The maximum atomic E-state index is 5.81. The Bertz CT molecular complexity index is 474. The zero-order valence-electron chi connectivity index (χ0n) is 10.0. The average Bonchev–Trinajstić information content (AvgIpc) is 2.80. The molecule has 2 N–H and O–H groups in total. The van der Waals surface area contributed by atoms with Gasteiger partial charge >= 0.3 is 0 Å². The lowest BCUT2D eigenvalue weighted by Crippen LogP contribution is -2.04. The van der Waals surface area contributed by atoms with Gasteiger partial charge in [0, 0.05) is 21.9 Å². The van der Waals surface area contributed by atoms with Crippen molar-refractivity contribution in [3.63, 3.8) is 0 Å². The highest BCUT2D eigenvalue weighted by atomic mass is 32.2. The topological polar surface area (TPSA) is 38.9 Å². The van der Waals surface area contributed by atoms with Crippen LogP contribution in [-0.4, -0.2) is 10.7 Å². The molecule has 0 spiro atoms. The third-order valence-electron chi connectivity index (χ3n) is 2.40. The Balaban J connectivity index is 2.21. The molecule has 1 atom stereocenters. The van der Waals surface area contributed by atoms with E-state index in [9.17, 15) is 0 Å². The molecule has 0 saturated carbocycles. The van der Waals surface area contributed by atoms with E-state index in [1.165, 1.54) is 10.5 Å². The van der Waals surface area contributed by atoms with Gasteiger partial charge in [-0.25, -0.2) is 4.98 Å². The summed E-state index contributed by atoms with van der Waals surface area (Å²) >= 11 is 3.50. The standard InChI is InChI=1S/C13H16N2S2/c1-3-16-11-6-4-10(5-7-11)13-15-12(8-17-13)9(2)14/h4-9H,3,14H2,1-2H3. The summed E-state index contributed by atoms with van der Waals surface area (Å²) in [7, 11) is 0. The first-order chi connectivity index (χ1) is 8.20. The van der Waals surface area contributed by atoms with E-state index in [1.54, 1.807) is 11.3 Å². The van der Waals surface area contributed by atoms with Crippen LogP contribution >= 0.6 is 23.1 Å². The number of thioether (sulfide) groups is 1. The van der Waals surface area contributed by atoms with E-state index in [1.807, 2.05) is 24.1 Å². The highest BCUT2D eigenvalue weighted by molar-refractivity contribution is 7.99. The van der Waals surface area contributed by atoms with Crippen LogP contribution in [0.1, 0.15) is 25.6 Å². The fourth-order valence-electron chi connectivity index (χ4n) is 1.49. The van der Waals surface area contributed by atoms with Crippen molar-refractivity contribution >= 4 is 23.1 Å². The van der Waals surface area contributed by atoms with Crippen molar-refractivity contribution < 1.29 is 0 Å². The summed E-state index contributed by atoms with van der Waals surface area (Å²) in [6, 6.07) is 8.56. The van der Waals surface area contributed by atoms with Crippen LogP contribution in [0.2, 0.25) is 0 Å². The van der Waals surface area contributed by atoms with E-state index in [2.05, 4.69) is 36.2 Å². The molecule has 0 bridgehead atoms. The molecule has 0 radical (unpaired) electrons. The third-order valence-corrected chi connectivity index (χ3v) is 4.20. The van der Waals surface area contributed by atoms with Gasteiger partial charge in [-0.2, -0.15) is 0 Å². The van der Waals surface area contributed by atoms with Gasteiger partial charge in [-0.1, -0.05) is 19.1 Å². The van der Waals surface area contributed by atoms with Gasteiger partial charge in [0.25, 0.3) is 0 Å². The Kier molecular flexibility index (Phi) is 4.20. The van der Waals surface area contributed by atoms with Gasteiger partial charge in [-0.3, -0.25) is 0 Å². The fraction of sp³-hybridized carbons (Fsp3) is 0.308. The zero-order chi connectivity index (χ0) is 12.3. The van der Waals surface area contributed by atoms with Crippen LogP contribution in [0, 0.1) is 0 Å². The van der Waals surface area contributed by atoms with Gasteiger partial charge in [0.05, 0.1) is 5.69 Å². The average molecular weight is 264 g/mol. The molecule has 1 aromatic carbocycles. The number of hydrogen-bond donors (Lipinski definition) is 1. The summed E-state index contributed by atoms with van der Waals surface area (Å²) in [6.07, 6.45) is 0. The Morgan fingerprint density at radius 3 is 2.59 bits per heavy atom. The largest absolute Gasteiger partial charge is 0.323 e. The summed E-state index contributed by atoms with van der Waals surface area (Å²) in [6.45, 7) is 4.12. The summed E-state index contributed by atoms with van der Waals surface area (Å²) in [4.78, 5) is 5.85. The van der Waals surface area contributed by atoms with Crippen molar-refractivity contribution in [1.29, 1.82) is 0 Å². The quantitative estimate of drug-likeness (QED) is 0.850. The van der Waals surface area contributed by atoms with Crippen LogP contribution in [0.3, 0.4) is 0 Å². The Morgan fingerprint density at radius 2 is 2.06 bits per heavy atom. The number of hydrogen-bond acceptors (Lipinski definition) is 4. The van der Waals surface area contributed by atoms with Crippen molar-refractivity contribution in [1.82, 2.24) is 4.98 Å². The highest BCUT2D eigenvalue weighted by Crippen LogP contribution is 2.27. The molecule has 0 aliphatic rings. The fourth-order valence-corrected chi connectivity index (χ4v) is 3.08. The van der Waals surface area contributed by atoms with E-state index < -0.39 is 0 Å². The first-order valence-electron chi connectivity index (χ1n) is 5.65. The summed E-state index contributed by atoms with van der Waals surface area (Å²) in [5.74, 6) is 1.10. The predicted octanol–water partition coefficient (Wildman–Crippen LogP) is 3.94. The van der Waals surface area contributed by atoms with Crippen molar-refractivity contribution in [2.75, 3.05) is 5.75 Å². The molecule has 17 heavy (non-hydrogen) atoms. The molecule has 90 valence electrons. The second-order valence-electron chi connectivity index (χ2n) is 3.82. The lowest BCUT2D eigenvalue weighted by atomic mass is 10.2. The summed E-state index contributed by atoms with van der Waals surface area (Å²) in [5, 5.41) is 3.08. The smallest absolute Gasteiger partial charge is 0.123 e. The van der Waals surface area contributed by atoms with E-state index in [0.29, 0.717) is 0 Å². The maximum absolute atomic E-state index is 5.81. The first-order valence-corrected chi connectivity index (χ1v) is 7.51. The minimum atomic E-state index is 0.00919. The van der Waals surface area contributed by atoms with Crippen LogP contribution in [0.25, 0.3) is 10.6 Å². The summed E-state index contributed by atoms with van der Waals surface area (Å²) in [5.41, 5.74) is 7.95. The monoisotopic (exact) mass is 264 g/mol. The molecular weight excluding hydrogens is 248 g/mol. The highest BCUT2D eigenvalue weighted by Gasteiger charge is 2.07. The second kappa shape index (κ2) is 5.67. The van der Waals surface area contributed by atoms with E-state index >= 15 is 0 Å². The molecule has 0 aliphatic heterocycles. The van der Waals surface area contributed by atoms with Crippen LogP contribution in [-0.2, 0) is 0 Å². The van der Waals surface area contributed by atoms with Crippen molar-refractivity contribution in [2.45, 2.75) is 24.8 Å². The Labute approximate surface area is 110 Å². The van der Waals surface area contributed by atoms with Gasteiger partial charge in [0.1, 0.15) is 5.01 Å². The molecule has 2 rings (SSSR count). The normalized spacial score (nSPS) is 12.6. The van der Waals surface area contributed by atoms with Crippen LogP contribution in [0.4, 0.5) is 0 Å². The lowest BCUT2D eigenvalue weighted by Gasteiger charge is -2.01. The minimum absolute atomic E-state index is 0.00919. The van der Waals surface area contributed by atoms with Crippen LogP contribution < -0.4 is 5.73 Å². The predicted molar refractivity (Wildman–Crippen MR) is 76.6 cm³/mol. The Morgan fingerprint density at radius 1 is 1.35 bits per heavy atom. The minimum Gasteiger partial charge on any atom is -0.323 e. The van der Waals surface area contributed by atoms with E-state index in [0.717, 1.165) is 16.5 Å². The number of nitrogens with zero attached hydrogens (tertiary/aromatic N) is 1. The number of nitrogens with two attached hydrogens (primary N) is 1. The molecule has 2 nitrogen and oxygen atoms in total. The van der Waals surface area contributed by atoms with Gasteiger partial charge in [-0.15, -0.1) is 23.1 Å². The van der Waals surface area contributed by atoms with E-state index in [-0.39, 0.29) is 6.04 Å².